The molecule has 0 fully saturated rings. The van der Waals surface area contributed by atoms with E-state index in [1.165, 1.54) is 10.7 Å². The Balaban J connectivity index is 0.000000845. The van der Waals surface area contributed by atoms with E-state index in [0.29, 0.717) is 5.65 Å². The molecule has 0 atom stereocenters. The molecule has 2 aromatic rings. The first-order valence-electron chi connectivity index (χ1n) is 3.40. The second-order valence-corrected chi connectivity index (χ2v) is 2.49. The van der Waals surface area contributed by atoms with E-state index in [1.54, 1.807) is 24.0 Å². The molecule has 62 valence electrons. The number of fused-ring (bicyclic) bond motifs is 1. The first-order valence-corrected chi connectivity index (χ1v) is 3.40. The van der Waals surface area contributed by atoms with E-state index in [-0.39, 0.29) is 24.6 Å². The zero-order valence-electron chi connectivity index (χ0n) is 7.39. The Bertz CT molecular complexity index is 445. The van der Waals surface area contributed by atoms with E-state index in [9.17, 15) is 9.90 Å². The summed E-state index contributed by atoms with van der Waals surface area (Å²) in [6.07, 6.45) is 3.01. The van der Waals surface area contributed by atoms with Gasteiger partial charge in [0.05, 0.1) is 12.2 Å². The van der Waals surface area contributed by atoms with Crippen LogP contribution in [0, 0.1) is 0 Å². The van der Waals surface area contributed by atoms with Crippen LogP contribution < -0.4 is 24.0 Å². The number of aromatic nitrogens is 3. The van der Waals surface area contributed by atoms with Gasteiger partial charge in [0.2, 0.25) is 0 Å². The number of imidazole rings is 1. The van der Waals surface area contributed by atoms with Crippen LogP contribution >= 0.6 is 0 Å². The molecular weight excluding hydrogens is 165 g/mol. The maximum atomic E-state index is 10.5. The molecule has 0 saturated heterocycles. The fraction of sp³-hybridized carbons (Fsp3) is 0.143. The summed E-state index contributed by atoms with van der Waals surface area (Å²) in [5, 5.41) is 10.5. The second kappa shape index (κ2) is 3.28. The average molecular weight is 171 g/mol. The Morgan fingerprint density at radius 1 is 1.62 bits per heavy atom. The van der Waals surface area contributed by atoms with Crippen LogP contribution in [0.3, 0.4) is 0 Å². The summed E-state index contributed by atoms with van der Waals surface area (Å²) in [5.74, 6) is -1.22. The molecule has 5 nitrogen and oxygen atoms in total. The molecular formula is C7H6LiN3O2. The van der Waals surface area contributed by atoms with Gasteiger partial charge in [0.1, 0.15) is 5.69 Å². The van der Waals surface area contributed by atoms with Crippen LogP contribution in [0.25, 0.3) is 5.65 Å². The molecule has 0 aliphatic heterocycles. The van der Waals surface area contributed by atoms with Gasteiger partial charge in [0.15, 0.2) is 5.65 Å². The Hall–Kier alpha value is -1.18. The van der Waals surface area contributed by atoms with Crippen LogP contribution in [-0.4, -0.2) is 20.2 Å². The summed E-state index contributed by atoms with van der Waals surface area (Å²) in [4.78, 5) is 14.4. The second-order valence-electron chi connectivity index (χ2n) is 2.49. The van der Waals surface area contributed by atoms with Crippen LogP contribution in [0.15, 0.2) is 18.5 Å². The van der Waals surface area contributed by atoms with Gasteiger partial charge < -0.3 is 9.90 Å². The van der Waals surface area contributed by atoms with Crippen molar-refractivity contribution in [1.82, 2.24) is 14.2 Å². The van der Waals surface area contributed by atoms with Crippen molar-refractivity contribution in [3.63, 3.8) is 0 Å². The number of carboxylic acids is 1. The molecule has 0 N–H and O–H groups in total. The maximum Gasteiger partial charge on any atom is 1.00 e. The number of carbonyl (C=O) groups excluding carboxylic acids is 1. The molecule has 0 amide bonds. The largest absolute Gasteiger partial charge is 1.00 e. The fourth-order valence-corrected chi connectivity index (χ4v) is 1.19. The van der Waals surface area contributed by atoms with E-state index in [0.717, 1.165) is 0 Å². The number of hydrogen-bond donors (Lipinski definition) is 0. The van der Waals surface area contributed by atoms with E-state index in [4.69, 9.17) is 0 Å². The number of rotatable bonds is 1. The maximum absolute atomic E-state index is 10.5. The van der Waals surface area contributed by atoms with Gasteiger partial charge in [-0.05, 0) is 0 Å². The van der Waals surface area contributed by atoms with Crippen molar-refractivity contribution in [3.05, 3.63) is 24.2 Å². The molecule has 0 saturated carbocycles. The number of nitrogens with zero attached hydrogens (tertiary/aromatic N) is 3. The minimum Gasteiger partial charge on any atom is -0.543 e. The minimum absolute atomic E-state index is 0. The van der Waals surface area contributed by atoms with Crippen molar-refractivity contribution >= 4 is 11.6 Å². The molecule has 0 radical (unpaired) electrons. The van der Waals surface area contributed by atoms with Crippen molar-refractivity contribution in [3.8, 4) is 0 Å². The number of carboxylic acid groups (broad SMARTS) is 1. The average Bonchev–Trinajstić information content (AvgIpc) is 2.53. The molecule has 0 aliphatic rings. The summed E-state index contributed by atoms with van der Waals surface area (Å²) in [7, 11) is 1.74. The summed E-state index contributed by atoms with van der Waals surface area (Å²) >= 11 is 0. The van der Waals surface area contributed by atoms with Crippen LogP contribution in [0.1, 0.15) is 10.5 Å². The molecule has 2 rings (SSSR count). The van der Waals surface area contributed by atoms with Gasteiger partial charge in [-0.3, -0.25) is 4.68 Å². The fourth-order valence-electron chi connectivity index (χ4n) is 1.19. The number of aromatic carboxylic acids is 1. The standard InChI is InChI=1S/C7H7N3O2.Li/c1-9-3-2-6-8-4-5(7(11)12)10(6)9;/h2-4H,1H3,(H,11,12);/q;+1/p-1. The van der Waals surface area contributed by atoms with Gasteiger partial charge in [-0.2, -0.15) is 0 Å². The summed E-state index contributed by atoms with van der Waals surface area (Å²) < 4.78 is 3.10. The van der Waals surface area contributed by atoms with Gasteiger partial charge in [-0.1, -0.05) is 0 Å². The first kappa shape index (κ1) is 9.90. The van der Waals surface area contributed by atoms with Gasteiger partial charge >= 0.3 is 18.9 Å². The monoisotopic (exact) mass is 171 g/mol. The van der Waals surface area contributed by atoms with Crippen molar-refractivity contribution in [2.75, 3.05) is 0 Å². The topological polar surface area (TPSA) is 62.4 Å². The summed E-state index contributed by atoms with van der Waals surface area (Å²) in [6, 6.07) is 1.73. The molecule has 0 spiro atoms. The van der Waals surface area contributed by atoms with Gasteiger partial charge in [-0.25, -0.2) is 9.50 Å². The van der Waals surface area contributed by atoms with Crippen molar-refractivity contribution in [2.45, 2.75) is 0 Å². The Morgan fingerprint density at radius 2 is 2.31 bits per heavy atom. The summed E-state index contributed by atoms with van der Waals surface area (Å²) in [6.45, 7) is 0. The Kier molecular flexibility index (Phi) is 2.50. The molecule has 0 unspecified atom stereocenters. The SMILES string of the molecule is Cn1ccc2ncc(C(=O)[O-])n21.[Li+]. The number of aryl methyl sites for hydroxylation is 1. The predicted octanol–water partition coefficient (Wildman–Crippen LogP) is -3.96. The van der Waals surface area contributed by atoms with Crippen LogP contribution in [0.5, 0.6) is 0 Å². The van der Waals surface area contributed by atoms with Gasteiger partial charge in [-0.15, -0.1) is 0 Å². The number of hydrogen-bond acceptors (Lipinski definition) is 3. The van der Waals surface area contributed by atoms with Crippen molar-refractivity contribution < 1.29 is 28.8 Å². The van der Waals surface area contributed by atoms with Crippen LogP contribution in [0.2, 0.25) is 0 Å². The molecule has 2 aromatic heterocycles. The summed E-state index contributed by atoms with van der Waals surface area (Å²) in [5.41, 5.74) is 0.675. The van der Waals surface area contributed by atoms with Gasteiger partial charge in [0.25, 0.3) is 0 Å². The van der Waals surface area contributed by atoms with E-state index < -0.39 is 5.97 Å². The van der Waals surface area contributed by atoms with Crippen molar-refractivity contribution in [2.24, 2.45) is 7.05 Å². The van der Waals surface area contributed by atoms with Crippen LogP contribution in [-0.2, 0) is 7.05 Å². The predicted molar refractivity (Wildman–Crippen MR) is 38.5 cm³/mol. The molecule has 0 bridgehead atoms. The zero-order valence-corrected chi connectivity index (χ0v) is 7.39. The van der Waals surface area contributed by atoms with E-state index >= 15 is 0 Å². The molecule has 2 heterocycles. The normalized spacial score (nSPS) is 9.92. The third kappa shape index (κ3) is 1.37. The smallest absolute Gasteiger partial charge is 0.543 e. The molecule has 0 aliphatic carbocycles. The van der Waals surface area contributed by atoms with E-state index in [2.05, 4.69) is 4.98 Å². The zero-order chi connectivity index (χ0) is 8.72. The quantitative estimate of drug-likeness (QED) is 0.411. The van der Waals surface area contributed by atoms with Crippen LogP contribution in [0.4, 0.5) is 0 Å². The molecule has 13 heavy (non-hydrogen) atoms. The number of carbonyl (C=O) groups is 1. The van der Waals surface area contributed by atoms with Crippen molar-refractivity contribution in [1.29, 1.82) is 0 Å². The Morgan fingerprint density at radius 3 is 2.92 bits per heavy atom. The third-order valence-electron chi connectivity index (χ3n) is 1.73. The first-order chi connectivity index (χ1) is 5.70. The van der Waals surface area contributed by atoms with E-state index in [1.807, 2.05) is 0 Å². The minimum atomic E-state index is -1.22. The van der Waals surface area contributed by atoms with Gasteiger partial charge in [0, 0.05) is 19.3 Å². The molecule has 0 aromatic carbocycles. The molecule has 6 heteroatoms. The Labute approximate surface area is 86.1 Å². The third-order valence-corrected chi connectivity index (χ3v) is 1.73.